The number of hydrogen-bond acceptors (Lipinski definition) is 4. The summed E-state index contributed by atoms with van der Waals surface area (Å²) in [6.07, 6.45) is 2.45. The van der Waals surface area contributed by atoms with E-state index in [-0.39, 0.29) is 12.0 Å². The summed E-state index contributed by atoms with van der Waals surface area (Å²) in [7, 11) is 1.70. The quantitative estimate of drug-likeness (QED) is 0.751. The molecule has 2 rings (SSSR count). The van der Waals surface area contributed by atoms with Gasteiger partial charge in [-0.2, -0.15) is 0 Å². The highest BCUT2D eigenvalue weighted by Crippen LogP contribution is 2.17. The van der Waals surface area contributed by atoms with E-state index < -0.39 is 0 Å². The molecular weight excluding hydrogens is 256 g/mol. The molecule has 1 saturated heterocycles. The fraction of sp³-hybridized carbons (Fsp3) is 0.533. The van der Waals surface area contributed by atoms with E-state index >= 15 is 0 Å². The molecule has 1 amide bonds. The molecule has 1 unspecified atom stereocenters. The molecule has 0 aromatic heterocycles. The summed E-state index contributed by atoms with van der Waals surface area (Å²) in [4.78, 5) is 11.9. The first kappa shape index (κ1) is 14.8. The van der Waals surface area contributed by atoms with Crippen molar-refractivity contribution in [3.05, 3.63) is 24.3 Å². The van der Waals surface area contributed by atoms with Crippen LogP contribution in [0.3, 0.4) is 0 Å². The van der Waals surface area contributed by atoms with Crippen LogP contribution in [0.1, 0.15) is 19.3 Å². The SMILES string of the molecule is COCCCNc1ccc(NC(=O)C2CCCO2)cc1. The van der Waals surface area contributed by atoms with Crippen LogP contribution < -0.4 is 10.6 Å². The Kier molecular flexibility index (Phi) is 5.83. The number of carbonyl (C=O) groups excluding carboxylic acids is 1. The molecule has 110 valence electrons. The van der Waals surface area contributed by atoms with Crippen molar-refractivity contribution in [3.63, 3.8) is 0 Å². The fourth-order valence-electron chi connectivity index (χ4n) is 2.13. The minimum Gasteiger partial charge on any atom is -0.385 e. The average molecular weight is 278 g/mol. The van der Waals surface area contributed by atoms with Crippen molar-refractivity contribution < 1.29 is 14.3 Å². The van der Waals surface area contributed by atoms with E-state index in [0.29, 0.717) is 6.61 Å². The molecule has 0 bridgehead atoms. The summed E-state index contributed by atoms with van der Waals surface area (Å²) >= 11 is 0. The van der Waals surface area contributed by atoms with Gasteiger partial charge in [0.2, 0.25) is 0 Å². The fourth-order valence-corrected chi connectivity index (χ4v) is 2.13. The van der Waals surface area contributed by atoms with Crippen LogP contribution in [0.2, 0.25) is 0 Å². The maximum Gasteiger partial charge on any atom is 0.253 e. The Labute approximate surface area is 119 Å². The lowest BCUT2D eigenvalue weighted by molar-refractivity contribution is -0.124. The number of hydrogen-bond donors (Lipinski definition) is 2. The summed E-state index contributed by atoms with van der Waals surface area (Å²) in [5.41, 5.74) is 1.84. The maximum absolute atomic E-state index is 11.9. The second kappa shape index (κ2) is 7.87. The summed E-state index contributed by atoms with van der Waals surface area (Å²) in [5.74, 6) is -0.0525. The summed E-state index contributed by atoms with van der Waals surface area (Å²) in [6, 6.07) is 7.70. The van der Waals surface area contributed by atoms with Gasteiger partial charge in [-0.3, -0.25) is 4.79 Å². The number of benzene rings is 1. The topological polar surface area (TPSA) is 59.6 Å². The van der Waals surface area contributed by atoms with Crippen LogP contribution in [0.5, 0.6) is 0 Å². The lowest BCUT2D eigenvalue weighted by Gasteiger charge is -2.11. The first-order valence-electron chi connectivity index (χ1n) is 7.05. The smallest absolute Gasteiger partial charge is 0.253 e. The number of carbonyl (C=O) groups is 1. The van der Waals surface area contributed by atoms with E-state index in [9.17, 15) is 4.79 Å². The number of rotatable bonds is 7. The van der Waals surface area contributed by atoms with Gasteiger partial charge in [0.15, 0.2) is 0 Å². The molecule has 1 fully saturated rings. The molecular formula is C15H22N2O3. The van der Waals surface area contributed by atoms with Gasteiger partial charge in [-0.25, -0.2) is 0 Å². The van der Waals surface area contributed by atoms with Crippen molar-refractivity contribution in [2.75, 3.05) is 37.5 Å². The highest BCUT2D eigenvalue weighted by Gasteiger charge is 2.23. The van der Waals surface area contributed by atoms with Crippen LogP contribution >= 0.6 is 0 Å². The number of methoxy groups -OCH3 is 1. The van der Waals surface area contributed by atoms with E-state index in [1.807, 2.05) is 24.3 Å². The van der Waals surface area contributed by atoms with Crippen molar-refractivity contribution in [1.29, 1.82) is 0 Å². The highest BCUT2D eigenvalue weighted by atomic mass is 16.5. The van der Waals surface area contributed by atoms with Gasteiger partial charge >= 0.3 is 0 Å². The normalized spacial score (nSPS) is 17.9. The first-order valence-corrected chi connectivity index (χ1v) is 7.05. The van der Waals surface area contributed by atoms with Gasteiger partial charge in [-0.05, 0) is 43.5 Å². The molecule has 20 heavy (non-hydrogen) atoms. The lowest BCUT2D eigenvalue weighted by atomic mass is 10.2. The predicted molar refractivity (Wildman–Crippen MR) is 79.0 cm³/mol. The summed E-state index contributed by atoms with van der Waals surface area (Å²) in [6.45, 7) is 2.31. The third-order valence-electron chi connectivity index (χ3n) is 3.23. The number of ether oxygens (including phenoxy) is 2. The Bertz CT molecular complexity index is 414. The zero-order valence-corrected chi connectivity index (χ0v) is 11.9. The molecule has 1 aromatic rings. The van der Waals surface area contributed by atoms with Crippen LogP contribution in [-0.4, -0.2) is 38.9 Å². The lowest BCUT2D eigenvalue weighted by Crippen LogP contribution is -2.26. The third-order valence-corrected chi connectivity index (χ3v) is 3.23. The highest BCUT2D eigenvalue weighted by molar-refractivity contribution is 5.94. The zero-order chi connectivity index (χ0) is 14.2. The van der Waals surface area contributed by atoms with Gasteiger partial charge in [-0.1, -0.05) is 0 Å². The van der Waals surface area contributed by atoms with Crippen molar-refractivity contribution in [2.45, 2.75) is 25.4 Å². The van der Waals surface area contributed by atoms with Crippen molar-refractivity contribution in [3.8, 4) is 0 Å². The second-order valence-corrected chi connectivity index (χ2v) is 4.84. The third kappa shape index (κ3) is 4.51. The van der Waals surface area contributed by atoms with Gasteiger partial charge in [0.1, 0.15) is 6.10 Å². The zero-order valence-electron chi connectivity index (χ0n) is 11.9. The number of amides is 1. The number of nitrogens with one attached hydrogen (secondary N) is 2. The van der Waals surface area contributed by atoms with Gasteiger partial charge < -0.3 is 20.1 Å². The molecule has 5 heteroatoms. The average Bonchev–Trinajstić information content (AvgIpc) is 3.00. The molecule has 5 nitrogen and oxygen atoms in total. The van der Waals surface area contributed by atoms with E-state index in [1.165, 1.54) is 0 Å². The van der Waals surface area contributed by atoms with Crippen molar-refractivity contribution in [1.82, 2.24) is 0 Å². The Hall–Kier alpha value is -1.59. The molecule has 0 radical (unpaired) electrons. The summed E-state index contributed by atoms with van der Waals surface area (Å²) < 4.78 is 10.3. The predicted octanol–water partition coefficient (Wildman–Crippen LogP) is 2.25. The van der Waals surface area contributed by atoms with E-state index in [2.05, 4.69) is 10.6 Å². The molecule has 2 N–H and O–H groups in total. The molecule has 0 saturated carbocycles. The van der Waals surface area contributed by atoms with Gasteiger partial charge in [0, 0.05) is 38.2 Å². The van der Waals surface area contributed by atoms with E-state index in [4.69, 9.17) is 9.47 Å². The number of anilines is 2. The van der Waals surface area contributed by atoms with Gasteiger partial charge in [-0.15, -0.1) is 0 Å². The molecule has 0 aliphatic carbocycles. The molecule has 1 aliphatic heterocycles. The van der Waals surface area contributed by atoms with Crippen LogP contribution in [0.15, 0.2) is 24.3 Å². The molecule has 1 aliphatic rings. The van der Waals surface area contributed by atoms with E-state index in [1.54, 1.807) is 7.11 Å². The minimum absolute atomic E-state index is 0.0525. The van der Waals surface area contributed by atoms with Crippen LogP contribution in [0.25, 0.3) is 0 Å². The summed E-state index contributed by atoms with van der Waals surface area (Å²) in [5, 5.41) is 6.17. The maximum atomic E-state index is 11.9. The van der Waals surface area contributed by atoms with Crippen LogP contribution in [0.4, 0.5) is 11.4 Å². The molecule has 1 aromatic carbocycles. The van der Waals surface area contributed by atoms with Gasteiger partial charge in [0.25, 0.3) is 5.91 Å². The molecule has 1 atom stereocenters. The van der Waals surface area contributed by atoms with E-state index in [0.717, 1.165) is 43.8 Å². The van der Waals surface area contributed by atoms with Crippen molar-refractivity contribution >= 4 is 17.3 Å². The Balaban J connectivity index is 1.77. The van der Waals surface area contributed by atoms with Crippen molar-refractivity contribution in [2.24, 2.45) is 0 Å². The minimum atomic E-state index is -0.290. The standard InChI is InChI=1S/C15H22N2O3/c1-19-10-3-9-16-12-5-7-13(8-6-12)17-15(18)14-4-2-11-20-14/h5-8,14,16H,2-4,9-11H2,1H3,(H,17,18). The first-order chi connectivity index (χ1) is 9.79. The Morgan fingerprint density at radius 3 is 2.75 bits per heavy atom. The van der Waals surface area contributed by atoms with Crippen LogP contribution in [-0.2, 0) is 14.3 Å². The Morgan fingerprint density at radius 1 is 1.35 bits per heavy atom. The largest absolute Gasteiger partial charge is 0.385 e. The second-order valence-electron chi connectivity index (χ2n) is 4.84. The van der Waals surface area contributed by atoms with Gasteiger partial charge in [0.05, 0.1) is 0 Å². The Morgan fingerprint density at radius 2 is 2.10 bits per heavy atom. The molecule has 0 spiro atoms. The monoisotopic (exact) mass is 278 g/mol. The van der Waals surface area contributed by atoms with Crippen LogP contribution in [0, 0.1) is 0 Å². The molecule has 1 heterocycles.